The molecule has 1 saturated heterocycles. The standard InChI is InChI=1S/C7H14N2O/c1-7(2)5(8)3-4-6(10)9-7/h5H,3-4,8H2,1-2H3,(H,9,10)/t5-/m0/s1. The van der Waals surface area contributed by atoms with E-state index in [-0.39, 0.29) is 17.5 Å². The van der Waals surface area contributed by atoms with Gasteiger partial charge in [-0.05, 0) is 20.3 Å². The summed E-state index contributed by atoms with van der Waals surface area (Å²) in [4.78, 5) is 10.9. The molecule has 0 spiro atoms. The highest BCUT2D eigenvalue weighted by atomic mass is 16.1. The molecule has 58 valence electrons. The lowest BCUT2D eigenvalue weighted by atomic mass is 9.88. The van der Waals surface area contributed by atoms with Gasteiger partial charge in [0, 0.05) is 18.0 Å². The van der Waals surface area contributed by atoms with E-state index in [9.17, 15) is 4.79 Å². The fourth-order valence-corrected chi connectivity index (χ4v) is 1.16. The van der Waals surface area contributed by atoms with Crippen LogP contribution in [0.25, 0.3) is 0 Å². The van der Waals surface area contributed by atoms with E-state index in [4.69, 9.17) is 5.73 Å². The molecule has 10 heavy (non-hydrogen) atoms. The van der Waals surface area contributed by atoms with Crippen molar-refractivity contribution < 1.29 is 4.79 Å². The van der Waals surface area contributed by atoms with E-state index in [2.05, 4.69) is 5.32 Å². The Kier molecular flexibility index (Phi) is 1.68. The summed E-state index contributed by atoms with van der Waals surface area (Å²) < 4.78 is 0. The lowest BCUT2D eigenvalue weighted by molar-refractivity contribution is -0.125. The summed E-state index contributed by atoms with van der Waals surface area (Å²) in [5.74, 6) is 0.117. The third-order valence-electron chi connectivity index (χ3n) is 2.07. The Morgan fingerprint density at radius 2 is 2.30 bits per heavy atom. The molecule has 0 radical (unpaired) electrons. The van der Waals surface area contributed by atoms with Crippen LogP contribution in [0.1, 0.15) is 26.7 Å². The van der Waals surface area contributed by atoms with Crippen LogP contribution in [0, 0.1) is 0 Å². The third-order valence-corrected chi connectivity index (χ3v) is 2.07. The quantitative estimate of drug-likeness (QED) is 0.500. The topological polar surface area (TPSA) is 55.1 Å². The fourth-order valence-electron chi connectivity index (χ4n) is 1.16. The molecule has 0 aromatic heterocycles. The maximum absolute atomic E-state index is 10.9. The number of carbonyl (C=O) groups is 1. The Labute approximate surface area is 61.0 Å². The average Bonchev–Trinajstić information content (AvgIpc) is 1.78. The Morgan fingerprint density at radius 1 is 1.70 bits per heavy atom. The predicted molar refractivity (Wildman–Crippen MR) is 39.4 cm³/mol. The molecule has 1 atom stereocenters. The third kappa shape index (κ3) is 1.29. The number of piperidine rings is 1. The molecule has 1 fully saturated rings. The maximum Gasteiger partial charge on any atom is 0.220 e. The Bertz CT molecular complexity index is 154. The smallest absolute Gasteiger partial charge is 0.220 e. The van der Waals surface area contributed by atoms with Gasteiger partial charge in [-0.1, -0.05) is 0 Å². The summed E-state index contributed by atoms with van der Waals surface area (Å²) in [5.41, 5.74) is 5.55. The number of nitrogens with one attached hydrogen (secondary N) is 1. The molecular weight excluding hydrogens is 128 g/mol. The molecule has 1 amide bonds. The summed E-state index contributed by atoms with van der Waals surface area (Å²) in [6, 6.07) is 0.102. The number of amides is 1. The average molecular weight is 142 g/mol. The molecule has 1 aliphatic heterocycles. The first-order valence-corrected chi connectivity index (χ1v) is 3.59. The Morgan fingerprint density at radius 3 is 2.70 bits per heavy atom. The van der Waals surface area contributed by atoms with Crippen LogP contribution in [0.5, 0.6) is 0 Å². The lowest BCUT2D eigenvalue weighted by Crippen LogP contribution is -2.59. The van der Waals surface area contributed by atoms with E-state index in [0.717, 1.165) is 6.42 Å². The van der Waals surface area contributed by atoms with Crippen LogP contribution in [-0.4, -0.2) is 17.5 Å². The summed E-state index contributed by atoms with van der Waals surface area (Å²) in [6.07, 6.45) is 1.38. The first kappa shape index (κ1) is 7.54. The SMILES string of the molecule is CC1(C)NC(=O)CC[C@@H]1N. The van der Waals surface area contributed by atoms with Crippen LogP contribution >= 0.6 is 0 Å². The molecule has 3 N–H and O–H groups in total. The molecule has 0 aliphatic carbocycles. The van der Waals surface area contributed by atoms with E-state index < -0.39 is 0 Å². The number of rotatable bonds is 0. The second-order valence-electron chi connectivity index (χ2n) is 3.42. The second kappa shape index (κ2) is 2.23. The van der Waals surface area contributed by atoms with E-state index >= 15 is 0 Å². The van der Waals surface area contributed by atoms with Crippen molar-refractivity contribution in [3.8, 4) is 0 Å². The van der Waals surface area contributed by atoms with Gasteiger partial charge in [0.05, 0.1) is 0 Å². The summed E-state index contributed by atoms with van der Waals surface area (Å²) >= 11 is 0. The molecule has 0 unspecified atom stereocenters. The lowest BCUT2D eigenvalue weighted by Gasteiger charge is -2.36. The van der Waals surface area contributed by atoms with Gasteiger partial charge in [-0.25, -0.2) is 0 Å². The van der Waals surface area contributed by atoms with Crippen LogP contribution < -0.4 is 11.1 Å². The molecule has 1 heterocycles. The van der Waals surface area contributed by atoms with Crippen LogP contribution in [0.4, 0.5) is 0 Å². The Hall–Kier alpha value is -0.570. The van der Waals surface area contributed by atoms with Gasteiger partial charge in [0.1, 0.15) is 0 Å². The fraction of sp³-hybridized carbons (Fsp3) is 0.857. The van der Waals surface area contributed by atoms with Gasteiger partial charge in [-0.2, -0.15) is 0 Å². The van der Waals surface area contributed by atoms with E-state index in [1.54, 1.807) is 0 Å². The van der Waals surface area contributed by atoms with Gasteiger partial charge >= 0.3 is 0 Å². The molecular formula is C7H14N2O. The van der Waals surface area contributed by atoms with Crippen molar-refractivity contribution in [1.29, 1.82) is 0 Å². The predicted octanol–water partition coefficient (Wildman–Crippen LogP) is 0.00230. The van der Waals surface area contributed by atoms with Gasteiger partial charge in [-0.15, -0.1) is 0 Å². The second-order valence-corrected chi connectivity index (χ2v) is 3.42. The number of hydrogen-bond donors (Lipinski definition) is 2. The van der Waals surface area contributed by atoms with Crippen LogP contribution in [0.15, 0.2) is 0 Å². The molecule has 1 aliphatic rings. The molecule has 1 rings (SSSR count). The zero-order chi connectivity index (χ0) is 7.78. The largest absolute Gasteiger partial charge is 0.350 e. The number of nitrogens with two attached hydrogens (primary N) is 1. The van der Waals surface area contributed by atoms with Crippen molar-refractivity contribution in [3.63, 3.8) is 0 Å². The zero-order valence-corrected chi connectivity index (χ0v) is 6.48. The van der Waals surface area contributed by atoms with Gasteiger partial charge in [0.15, 0.2) is 0 Å². The highest BCUT2D eigenvalue weighted by Gasteiger charge is 2.32. The van der Waals surface area contributed by atoms with Crippen LogP contribution in [0.2, 0.25) is 0 Å². The first-order chi connectivity index (χ1) is 4.52. The van der Waals surface area contributed by atoms with Crippen molar-refractivity contribution in [2.24, 2.45) is 5.73 Å². The normalized spacial score (nSPS) is 31.5. The van der Waals surface area contributed by atoms with E-state index in [0.29, 0.717) is 6.42 Å². The van der Waals surface area contributed by atoms with Crippen LogP contribution in [0.3, 0.4) is 0 Å². The first-order valence-electron chi connectivity index (χ1n) is 3.59. The minimum atomic E-state index is -0.213. The van der Waals surface area contributed by atoms with Crippen LogP contribution in [-0.2, 0) is 4.79 Å². The Balaban J connectivity index is 2.63. The molecule has 3 heteroatoms. The van der Waals surface area contributed by atoms with Gasteiger partial charge in [0.2, 0.25) is 5.91 Å². The molecule has 0 saturated carbocycles. The molecule has 0 bridgehead atoms. The van der Waals surface area contributed by atoms with Crippen molar-refractivity contribution in [2.45, 2.75) is 38.3 Å². The minimum Gasteiger partial charge on any atom is -0.350 e. The highest BCUT2D eigenvalue weighted by Crippen LogP contribution is 2.16. The monoisotopic (exact) mass is 142 g/mol. The van der Waals surface area contributed by atoms with Gasteiger partial charge in [0.25, 0.3) is 0 Å². The number of hydrogen-bond acceptors (Lipinski definition) is 2. The molecule has 0 aromatic carbocycles. The van der Waals surface area contributed by atoms with Crippen molar-refractivity contribution in [1.82, 2.24) is 5.32 Å². The maximum atomic E-state index is 10.9. The summed E-state index contributed by atoms with van der Waals surface area (Å²) in [6.45, 7) is 3.91. The molecule has 3 nitrogen and oxygen atoms in total. The van der Waals surface area contributed by atoms with Crippen molar-refractivity contribution in [3.05, 3.63) is 0 Å². The van der Waals surface area contributed by atoms with E-state index in [1.165, 1.54) is 0 Å². The van der Waals surface area contributed by atoms with Crippen molar-refractivity contribution in [2.75, 3.05) is 0 Å². The van der Waals surface area contributed by atoms with Gasteiger partial charge in [-0.3, -0.25) is 4.79 Å². The van der Waals surface area contributed by atoms with E-state index in [1.807, 2.05) is 13.8 Å². The summed E-state index contributed by atoms with van der Waals surface area (Å²) in [7, 11) is 0. The molecule has 0 aromatic rings. The minimum absolute atomic E-state index is 0.102. The summed E-state index contributed by atoms with van der Waals surface area (Å²) in [5, 5.41) is 2.84. The van der Waals surface area contributed by atoms with Crippen molar-refractivity contribution >= 4 is 5.91 Å². The zero-order valence-electron chi connectivity index (χ0n) is 6.48. The number of carbonyl (C=O) groups excluding carboxylic acids is 1. The highest BCUT2D eigenvalue weighted by molar-refractivity contribution is 5.77. The van der Waals surface area contributed by atoms with Gasteiger partial charge < -0.3 is 11.1 Å².